The second-order valence-electron chi connectivity index (χ2n) is 1.35. The summed E-state index contributed by atoms with van der Waals surface area (Å²) < 4.78 is 3.63. The fourth-order valence-electron chi connectivity index (χ4n) is 0.383. The quantitative estimate of drug-likeness (QED) is 0.607. The fourth-order valence-corrected chi connectivity index (χ4v) is 1.22. The molecule has 0 spiro atoms. The number of hydrogen-bond acceptors (Lipinski definition) is 4. The van der Waals surface area contributed by atoms with Crippen LogP contribution >= 0.6 is 24.2 Å². The van der Waals surface area contributed by atoms with E-state index >= 15 is 0 Å². The molecule has 0 radical (unpaired) electrons. The lowest BCUT2D eigenvalue weighted by molar-refractivity contribution is 0.0699. The van der Waals surface area contributed by atoms with Gasteiger partial charge in [0.05, 0.1) is 6.20 Å². The van der Waals surface area contributed by atoms with Gasteiger partial charge in [-0.2, -0.15) is 4.37 Å². The second-order valence-corrected chi connectivity index (χ2v) is 2.63. The molecule has 0 saturated carbocycles. The van der Waals surface area contributed by atoms with Crippen LogP contribution in [0.15, 0.2) is 11.1 Å². The van der Waals surface area contributed by atoms with Crippen LogP contribution in [0.4, 0.5) is 0 Å². The molecule has 0 unspecified atom stereocenters. The molecule has 0 aromatic carbocycles. The van der Waals surface area contributed by atoms with Crippen LogP contribution in [0.25, 0.3) is 0 Å². The van der Waals surface area contributed by atoms with E-state index in [4.69, 9.17) is 5.11 Å². The molecular formula is C4H3NO2S2. The number of carbonyl (C=O) groups is 1. The zero-order valence-corrected chi connectivity index (χ0v) is 5.95. The number of aromatic carboxylic acids is 1. The molecular weight excluding hydrogens is 158 g/mol. The Balaban J connectivity index is 3.08. The molecule has 48 valence electrons. The Bertz CT molecular complexity index is 232. The Hall–Kier alpha value is -0.550. The molecule has 0 amide bonds. The van der Waals surface area contributed by atoms with Crippen LogP contribution in [0, 0.1) is 0 Å². The van der Waals surface area contributed by atoms with Gasteiger partial charge in [-0.1, -0.05) is 0 Å². The predicted molar refractivity (Wildman–Crippen MR) is 36.3 cm³/mol. The zero-order valence-electron chi connectivity index (χ0n) is 4.24. The summed E-state index contributed by atoms with van der Waals surface area (Å²) in [6.07, 6.45) is 1.41. The van der Waals surface area contributed by atoms with Crippen LogP contribution in [0.3, 0.4) is 0 Å². The Kier molecular flexibility index (Phi) is 1.73. The highest BCUT2D eigenvalue weighted by atomic mass is 32.1. The summed E-state index contributed by atoms with van der Waals surface area (Å²) in [5.41, 5.74) is 0. The lowest BCUT2D eigenvalue weighted by Crippen LogP contribution is -1.91. The zero-order chi connectivity index (χ0) is 6.85. The van der Waals surface area contributed by atoms with E-state index < -0.39 is 5.97 Å². The first-order valence-corrected chi connectivity index (χ1v) is 3.31. The van der Waals surface area contributed by atoms with Crippen molar-refractivity contribution < 1.29 is 9.90 Å². The predicted octanol–water partition coefficient (Wildman–Crippen LogP) is 1.13. The molecule has 1 rings (SSSR count). The monoisotopic (exact) mass is 161 g/mol. The highest BCUT2D eigenvalue weighted by Crippen LogP contribution is 2.16. The van der Waals surface area contributed by atoms with Gasteiger partial charge < -0.3 is 5.11 Å². The third-order valence-electron chi connectivity index (χ3n) is 0.746. The smallest absolute Gasteiger partial charge is 0.348 e. The largest absolute Gasteiger partial charge is 0.477 e. The molecule has 3 nitrogen and oxygen atoms in total. The van der Waals surface area contributed by atoms with Crippen molar-refractivity contribution in [2.45, 2.75) is 4.90 Å². The summed E-state index contributed by atoms with van der Waals surface area (Å²) in [5.74, 6) is -0.970. The van der Waals surface area contributed by atoms with Gasteiger partial charge in [-0.05, 0) is 11.5 Å². The maximum atomic E-state index is 10.2. The van der Waals surface area contributed by atoms with Crippen LogP contribution in [0.1, 0.15) is 9.67 Å². The van der Waals surface area contributed by atoms with Gasteiger partial charge in [0, 0.05) is 4.90 Å². The summed E-state index contributed by atoms with van der Waals surface area (Å²) in [6.45, 7) is 0. The van der Waals surface area contributed by atoms with Crippen molar-refractivity contribution in [2.24, 2.45) is 0 Å². The highest BCUT2D eigenvalue weighted by molar-refractivity contribution is 7.80. The van der Waals surface area contributed by atoms with E-state index in [1.807, 2.05) is 0 Å². The summed E-state index contributed by atoms with van der Waals surface area (Å²) in [4.78, 5) is 10.8. The molecule has 0 saturated heterocycles. The van der Waals surface area contributed by atoms with Crippen LogP contribution < -0.4 is 0 Å². The van der Waals surface area contributed by atoms with Crippen LogP contribution in [0.5, 0.6) is 0 Å². The lowest BCUT2D eigenvalue weighted by Gasteiger charge is -1.83. The number of nitrogens with zero attached hydrogens (tertiary/aromatic N) is 1. The van der Waals surface area contributed by atoms with Gasteiger partial charge in [0.2, 0.25) is 0 Å². The topological polar surface area (TPSA) is 50.2 Å². The molecule has 1 aromatic heterocycles. The summed E-state index contributed by atoms with van der Waals surface area (Å²) in [6, 6.07) is 0. The first-order chi connectivity index (χ1) is 4.22. The van der Waals surface area contributed by atoms with Crippen molar-refractivity contribution in [2.75, 3.05) is 0 Å². The van der Waals surface area contributed by atoms with Crippen molar-refractivity contribution in [3.05, 3.63) is 11.1 Å². The van der Waals surface area contributed by atoms with Gasteiger partial charge in [0.1, 0.15) is 4.88 Å². The normalized spacial score (nSPS) is 9.44. The number of carboxylic acids is 1. The molecule has 0 aliphatic rings. The van der Waals surface area contributed by atoms with Gasteiger partial charge in [-0.15, -0.1) is 12.6 Å². The SMILES string of the molecule is O=C(O)c1sncc1S. The molecule has 0 bridgehead atoms. The maximum absolute atomic E-state index is 10.2. The van der Waals surface area contributed by atoms with Gasteiger partial charge in [0.25, 0.3) is 0 Å². The van der Waals surface area contributed by atoms with Crippen molar-refractivity contribution in [1.29, 1.82) is 0 Å². The first-order valence-electron chi connectivity index (χ1n) is 2.08. The summed E-state index contributed by atoms with van der Waals surface area (Å²) >= 11 is 4.79. The van der Waals surface area contributed by atoms with E-state index in [0.29, 0.717) is 4.90 Å². The minimum atomic E-state index is -0.970. The molecule has 9 heavy (non-hydrogen) atoms. The van der Waals surface area contributed by atoms with E-state index in [9.17, 15) is 4.79 Å². The molecule has 0 fully saturated rings. The molecule has 0 aliphatic heterocycles. The number of thiol groups is 1. The standard InChI is InChI=1S/C4H3NO2S2/c6-4(7)3-2(8)1-5-9-3/h1,8H,(H,6,7). The Morgan fingerprint density at radius 2 is 2.56 bits per heavy atom. The average Bonchev–Trinajstić information content (AvgIpc) is 2.13. The molecule has 5 heteroatoms. The average molecular weight is 161 g/mol. The summed E-state index contributed by atoms with van der Waals surface area (Å²) in [7, 11) is 0. The third-order valence-corrected chi connectivity index (χ3v) is 2.02. The van der Waals surface area contributed by atoms with Crippen LogP contribution in [-0.2, 0) is 0 Å². The number of rotatable bonds is 1. The number of hydrogen-bond donors (Lipinski definition) is 2. The van der Waals surface area contributed by atoms with Crippen LogP contribution in [-0.4, -0.2) is 15.4 Å². The second kappa shape index (κ2) is 2.36. The van der Waals surface area contributed by atoms with Crippen molar-refractivity contribution in [3.8, 4) is 0 Å². The lowest BCUT2D eigenvalue weighted by atomic mass is 10.5. The minimum Gasteiger partial charge on any atom is -0.477 e. The molecule has 0 atom stereocenters. The van der Waals surface area contributed by atoms with E-state index in [2.05, 4.69) is 17.0 Å². The van der Waals surface area contributed by atoms with Crippen molar-refractivity contribution >= 4 is 30.1 Å². The van der Waals surface area contributed by atoms with Gasteiger partial charge in [-0.25, -0.2) is 4.79 Å². The van der Waals surface area contributed by atoms with E-state index in [1.165, 1.54) is 6.20 Å². The Labute approximate surface area is 60.9 Å². The number of carboxylic acid groups (broad SMARTS) is 1. The van der Waals surface area contributed by atoms with E-state index in [1.54, 1.807) is 0 Å². The molecule has 0 aliphatic carbocycles. The number of aromatic nitrogens is 1. The molecule has 1 heterocycles. The Morgan fingerprint density at radius 1 is 1.89 bits per heavy atom. The third kappa shape index (κ3) is 1.22. The van der Waals surface area contributed by atoms with Gasteiger partial charge in [0.15, 0.2) is 0 Å². The summed E-state index contributed by atoms with van der Waals surface area (Å²) in [5, 5.41) is 8.38. The van der Waals surface area contributed by atoms with Gasteiger partial charge >= 0.3 is 5.97 Å². The van der Waals surface area contributed by atoms with Crippen molar-refractivity contribution in [3.63, 3.8) is 0 Å². The first kappa shape index (κ1) is 6.57. The molecule has 1 N–H and O–H groups in total. The highest BCUT2D eigenvalue weighted by Gasteiger charge is 2.08. The van der Waals surface area contributed by atoms with Crippen LogP contribution in [0.2, 0.25) is 0 Å². The maximum Gasteiger partial charge on any atom is 0.348 e. The molecule has 1 aromatic rings. The fraction of sp³-hybridized carbons (Fsp3) is 0. The minimum absolute atomic E-state index is 0.193. The van der Waals surface area contributed by atoms with E-state index in [-0.39, 0.29) is 4.88 Å². The van der Waals surface area contributed by atoms with Gasteiger partial charge in [-0.3, -0.25) is 0 Å². The van der Waals surface area contributed by atoms with E-state index in [0.717, 1.165) is 11.5 Å². The van der Waals surface area contributed by atoms with Crippen molar-refractivity contribution in [1.82, 2.24) is 4.37 Å². The Morgan fingerprint density at radius 3 is 2.78 bits per heavy atom.